The van der Waals surface area contributed by atoms with E-state index < -0.39 is 0 Å². The zero-order valence-corrected chi connectivity index (χ0v) is 15.7. The Morgan fingerprint density at radius 3 is 2.81 bits per heavy atom. The number of carbonyl (C=O) groups is 1. The van der Waals surface area contributed by atoms with Crippen LogP contribution in [-0.2, 0) is 17.8 Å². The van der Waals surface area contributed by atoms with Crippen molar-refractivity contribution in [3.63, 3.8) is 0 Å². The van der Waals surface area contributed by atoms with Gasteiger partial charge in [0, 0.05) is 37.3 Å². The third-order valence-electron chi connectivity index (χ3n) is 4.29. The zero-order valence-electron chi connectivity index (χ0n) is 15.7. The lowest BCUT2D eigenvalue weighted by Gasteiger charge is -2.20. The average molecular weight is 352 g/mol. The summed E-state index contributed by atoms with van der Waals surface area (Å²) in [7, 11) is 0. The first-order chi connectivity index (χ1) is 12.3. The average Bonchev–Trinajstić information content (AvgIpc) is 3.16. The molecule has 0 saturated heterocycles. The van der Waals surface area contributed by atoms with E-state index in [4.69, 9.17) is 4.52 Å². The molecule has 0 saturated carbocycles. The van der Waals surface area contributed by atoms with Gasteiger partial charge in [-0.05, 0) is 30.9 Å². The van der Waals surface area contributed by atoms with Crippen molar-refractivity contribution in [3.8, 4) is 11.4 Å². The van der Waals surface area contributed by atoms with Crippen LogP contribution in [0.25, 0.3) is 11.4 Å². The first kappa shape index (κ1) is 18.0. The van der Waals surface area contributed by atoms with Crippen LogP contribution in [0.2, 0.25) is 0 Å². The van der Waals surface area contributed by atoms with Crippen LogP contribution in [0.5, 0.6) is 0 Å². The van der Waals surface area contributed by atoms with E-state index in [1.165, 1.54) is 0 Å². The van der Waals surface area contributed by atoms with Crippen molar-refractivity contribution >= 4 is 5.78 Å². The number of ketones is 1. The van der Waals surface area contributed by atoms with Crippen LogP contribution in [0.15, 0.2) is 41.2 Å². The summed E-state index contributed by atoms with van der Waals surface area (Å²) in [6.45, 7) is 8.40. The number of hydrogen-bond donors (Lipinski definition) is 0. The van der Waals surface area contributed by atoms with Crippen LogP contribution in [0, 0.1) is 12.3 Å². The fourth-order valence-corrected chi connectivity index (χ4v) is 3.17. The largest absolute Gasteiger partial charge is 0.339 e. The van der Waals surface area contributed by atoms with E-state index in [1.54, 1.807) is 13.1 Å². The Morgan fingerprint density at radius 2 is 2.12 bits per heavy atom. The number of benzene rings is 1. The van der Waals surface area contributed by atoms with Crippen molar-refractivity contribution in [2.75, 3.05) is 0 Å². The number of aryl methyl sites for hydroxylation is 1. The van der Waals surface area contributed by atoms with Gasteiger partial charge in [-0.2, -0.15) is 4.98 Å². The minimum atomic E-state index is -0.198. The summed E-state index contributed by atoms with van der Waals surface area (Å²) < 4.78 is 7.50. The standard InChI is InChI=1S/C20H24N4O2/c1-14(25)11-20(3,4)12-18-22-19(23-26-18)17-7-5-6-16(10-17)13-24-9-8-21-15(24)2/h5-10H,11-13H2,1-4H3. The van der Waals surface area contributed by atoms with Gasteiger partial charge in [-0.25, -0.2) is 4.98 Å². The Kier molecular flexibility index (Phi) is 5.02. The van der Waals surface area contributed by atoms with Gasteiger partial charge in [0.25, 0.3) is 0 Å². The lowest BCUT2D eigenvalue weighted by atomic mass is 9.84. The predicted octanol–water partition coefficient (Wildman–Crippen LogP) is 3.84. The first-order valence-corrected chi connectivity index (χ1v) is 8.71. The van der Waals surface area contributed by atoms with Crippen LogP contribution in [0.4, 0.5) is 0 Å². The van der Waals surface area contributed by atoms with Gasteiger partial charge in [-0.15, -0.1) is 0 Å². The Balaban J connectivity index is 1.76. The number of carbonyl (C=O) groups excluding carboxylic acids is 1. The van der Waals surface area contributed by atoms with Gasteiger partial charge in [0.05, 0.1) is 0 Å². The van der Waals surface area contributed by atoms with E-state index in [0.717, 1.165) is 23.5 Å². The number of Topliss-reactive ketones (excluding diaryl/α,β-unsaturated/α-hetero) is 1. The summed E-state index contributed by atoms with van der Waals surface area (Å²) in [5, 5.41) is 4.12. The molecular formula is C20H24N4O2. The minimum Gasteiger partial charge on any atom is -0.339 e. The van der Waals surface area contributed by atoms with E-state index >= 15 is 0 Å². The van der Waals surface area contributed by atoms with Crippen molar-refractivity contribution in [1.29, 1.82) is 0 Å². The van der Waals surface area contributed by atoms with Gasteiger partial charge in [0.1, 0.15) is 11.6 Å². The molecule has 2 heterocycles. The molecule has 0 aliphatic heterocycles. The van der Waals surface area contributed by atoms with Crippen molar-refractivity contribution in [2.45, 2.75) is 47.1 Å². The SMILES string of the molecule is CC(=O)CC(C)(C)Cc1nc(-c2cccc(Cn3ccnc3C)c2)no1. The first-order valence-electron chi connectivity index (χ1n) is 8.71. The molecule has 0 amide bonds. The summed E-state index contributed by atoms with van der Waals surface area (Å²) >= 11 is 0. The lowest BCUT2D eigenvalue weighted by Crippen LogP contribution is -2.18. The highest BCUT2D eigenvalue weighted by Gasteiger charge is 2.24. The molecule has 26 heavy (non-hydrogen) atoms. The Hall–Kier alpha value is -2.76. The molecule has 6 nitrogen and oxygen atoms in total. The van der Waals surface area contributed by atoms with Gasteiger partial charge < -0.3 is 13.9 Å². The predicted molar refractivity (Wildman–Crippen MR) is 98.6 cm³/mol. The second kappa shape index (κ2) is 7.23. The highest BCUT2D eigenvalue weighted by atomic mass is 16.5. The molecule has 136 valence electrons. The molecule has 3 aromatic rings. The molecular weight excluding hydrogens is 328 g/mol. The van der Waals surface area contributed by atoms with Gasteiger partial charge in [-0.3, -0.25) is 0 Å². The topological polar surface area (TPSA) is 73.8 Å². The number of nitrogens with zero attached hydrogens (tertiary/aromatic N) is 4. The van der Waals surface area contributed by atoms with Crippen molar-refractivity contribution in [2.24, 2.45) is 5.41 Å². The molecule has 0 fully saturated rings. The van der Waals surface area contributed by atoms with Crippen LogP contribution in [0.1, 0.15) is 44.5 Å². The van der Waals surface area contributed by atoms with Crippen molar-refractivity contribution in [3.05, 3.63) is 53.9 Å². The molecule has 1 aromatic carbocycles. The smallest absolute Gasteiger partial charge is 0.227 e. The lowest BCUT2D eigenvalue weighted by molar-refractivity contribution is -0.118. The molecule has 0 atom stereocenters. The monoisotopic (exact) mass is 352 g/mol. The Morgan fingerprint density at radius 1 is 1.31 bits per heavy atom. The molecule has 2 aromatic heterocycles. The number of imidazole rings is 1. The summed E-state index contributed by atoms with van der Waals surface area (Å²) in [6.07, 6.45) is 4.83. The van der Waals surface area contributed by atoms with Crippen molar-refractivity contribution < 1.29 is 9.32 Å². The molecule has 0 radical (unpaired) electrons. The normalized spacial score (nSPS) is 11.7. The van der Waals surface area contributed by atoms with Crippen LogP contribution in [0.3, 0.4) is 0 Å². The Bertz CT molecular complexity index is 908. The number of aromatic nitrogens is 4. The molecule has 0 aliphatic carbocycles. The third-order valence-corrected chi connectivity index (χ3v) is 4.29. The van der Waals surface area contributed by atoms with Crippen LogP contribution < -0.4 is 0 Å². The summed E-state index contributed by atoms with van der Waals surface area (Å²) in [5.74, 6) is 2.27. The van der Waals surface area contributed by atoms with E-state index in [-0.39, 0.29) is 11.2 Å². The quantitative estimate of drug-likeness (QED) is 0.646. The summed E-state index contributed by atoms with van der Waals surface area (Å²) in [5.41, 5.74) is 1.86. The van der Waals surface area contributed by atoms with Gasteiger partial charge in [-0.1, -0.05) is 37.2 Å². The molecule has 6 heteroatoms. The summed E-state index contributed by atoms with van der Waals surface area (Å²) in [4.78, 5) is 20.2. The molecule has 0 bridgehead atoms. The van der Waals surface area contributed by atoms with E-state index in [2.05, 4.69) is 31.8 Å². The molecule has 0 aliphatic rings. The van der Waals surface area contributed by atoms with Gasteiger partial charge >= 0.3 is 0 Å². The van der Waals surface area contributed by atoms with Crippen LogP contribution >= 0.6 is 0 Å². The third kappa shape index (κ3) is 4.45. The maximum absolute atomic E-state index is 11.4. The van der Waals surface area contributed by atoms with Gasteiger partial charge in [0.2, 0.25) is 11.7 Å². The number of rotatable bonds is 7. The van der Waals surface area contributed by atoms with Crippen LogP contribution in [-0.4, -0.2) is 25.5 Å². The number of hydrogen-bond acceptors (Lipinski definition) is 5. The van der Waals surface area contributed by atoms with Gasteiger partial charge in [0.15, 0.2) is 0 Å². The van der Waals surface area contributed by atoms with E-state index in [9.17, 15) is 4.79 Å². The van der Waals surface area contributed by atoms with E-state index in [1.807, 2.05) is 39.1 Å². The molecule has 0 unspecified atom stereocenters. The Labute approximate surface area is 153 Å². The maximum Gasteiger partial charge on any atom is 0.227 e. The maximum atomic E-state index is 11.4. The van der Waals surface area contributed by atoms with E-state index in [0.29, 0.717) is 24.6 Å². The molecule has 3 rings (SSSR count). The summed E-state index contributed by atoms with van der Waals surface area (Å²) in [6, 6.07) is 8.10. The fourth-order valence-electron chi connectivity index (χ4n) is 3.17. The molecule has 0 N–H and O–H groups in total. The highest BCUT2D eigenvalue weighted by molar-refractivity contribution is 5.76. The zero-order chi connectivity index (χ0) is 18.7. The minimum absolute atomic E-state index is 0.164. The highest BCUT2D eigenvalue weighted by Crippen LogP contribution is 2.27. The fraction of sp³-hybridized carbons (Fsp3) is 0.400. The van der Waals surface area contributed by atoms with Crippen molar-refractivity contribution in [1.82, 2.24) is 19.7 Å². The second-order valence-electron chi connectivity index (χ2n) is 7.53. The second-order valence-corrected chi connectivity index (χ2v) is 7.53. The molecule has 0 spiro atoms.